The Morgan fingerprint density at radius 2 is 0.926 bits per heavy atom. The maximum Gasteiger partial charge on any atom is 0.143 e. The van der Waals surface area contributed by atoms with Crippen LogP contribution in [-0.4, -0.2) is 0 Å². The van der Waals surface area contributed by atoms with Gasteiger partial charge < -0.3 is 9.32 Å². The number of nitrogens with zero attached hydrogens (tertiary/aromatic N) is 1. The third kappa shape index (κ3) is 4.88. The van der Waals surface area contributed by atoms with E-state index in [0.29, 0.717) is 0 Å². The smallest absolute Gasteiger partial charge is 0.143 e. The molecule has 1 heterocycles. The third-order valence-corrected chi connectivity index (χ3v) is 11.0. The maximum absolute atomic E-state index is 6.51. The minimum atomic E-state index is 0.907. The van der Waals surface area contributed by atoms with Gasteiger partial charge in [-0.15, -0.1) is 0 Å². The van der Waals surface area contributed by atoms with Crippen molar-refractivity contribution in [1.29, 1.82) is 0 Å². The molecule has 11 rings (SSSR count). The van der Waals surface area contributed by atoms with Crippen LogP contribution in [0, 0.1) is 0 Å². The first kappa shape index (κ1) is 30.5. The van der Waals surface area contributed by atoms with Crippen molar-refractivity contribution < 1.29 is 4.42 Å². The summed E-state index contributed by atoms with van der Waals surface area (Å²) in [5.74, 6) is 0. The summed E-state index contributed by atoms with van der Waals surface area (Å²) in [6.45, 7) is 0. The van der Waals surface area contributed by atoms with E-state index >= 15 is 0 Å². The highest BCUT2D eigenvalue weighted by molar-refractivity contribution is 6.18. The molecule has 0 aliphatic rings. The van der Waals surface area contributed by atoms with Crippen LogP contribution in [0.2, 0.25) is 0 Å². The van der Waals surface area contributed by atoms with Gasteiger partial charge in [0.15, 0.2) is 0 Å². The minimum Gasteiger partial charge on any atom is -0.455 e. The van der Waals surface area contributed by atoms with Gasteiger partial charge in [0.2, 0.25) is 0 Å². The van der Waals surface area contributed by atoms with Crippen LogP contribution in [0.4, 0.5) is 17.1 Å². The number of para-hydroxylation sites is 1. The Morgan fingerprint density at radius 3 is 1.80 bits per heavy atom. The predicted molar refractivity (Wildman–Crippen MR) is 229 cm³/mol. The summed E-state index contributed by atoms with van der Waals surface area (Å²) in [6.07, 6.45) is 0. The monoisotopic (exact) mass is 687 g/mol. The average molecular weight is 688 g/mol. The lowest BCUT2D eigenvalue weighted by Crippen LogP contribution is -2.10. The van der Waals surface area contributed by atoms with Gasteiger partial charge in [-0.05, 0) is 109 Å². The van der Waals surface area contributed by atoms with Gasteiger partial charge in [-0.1, -0.05) is 146 Å². The van der Waals surface area contributed by atoms with E-state index in [0.717, 1.165) is 49.8 Å². The summed E-state index contributed by atoms with van der Waals surface area (Å²) in [4.78, 5) is 2.38. The van der Waals surface area contributed by atoms with E-state index in [9.17, 15) is 0 Å². The molecule has 54 heavy (non-hydrogen) atoms. The van der Waals surface area contributed by atoms with E-state index in [1.54, 1.807) is 0 Å². The second-order valence-electron chi connectivity index (χ2n) is 14.1. The van der Waals surface area contributed by atoms with E-state index in [2.05, 4.69) is 199 Å². The highest BCUT2D eigenvalue weighted by Crippen LogP contribution is 2.44. The van der Waals surface area contributed by atoms with Crippen LogP contribution in [0.3, 0.4) is 0 Å². The van der Waals surface area contributed by atoms with Crippen molar-refractivity contribution in [3.8, 4) is 22.3 Å². The lowest BCUT2D eigenvalue weighted by atomic mass is 9.92. The molecule has 0 atom stereocenters. The van der Waals surface area contributed by atoms with E-state index in [1.807, 2.05) is 6.07 Å². The molecule has 0 amide bonds. The van der Waals surface area contributed by atoms with Crippen molar-refractivity contribution in [3.05, 3.63) is 200 Å². The van der Waals surface area contributed by atoms with Crippen molar-refractivity contribution in [2.75, 3.05) is 4.90 Å². The standard InChI is InChI=1S/C52H33NO/c1-2-11-34(12-3-1)35-23-26-40(27-24-35)53(50-19-10-18-47-45(50)29-30-48-46-17-8-9-20-51(46)54-52(47)48)41-28-25-36-31-39(22-21-37(36)32-41)49-33-38-13-4-5-14-42(38)43-15-6-7-16-44(43)49/h1-33H. The number of anilines is 3. The Bertz CT molecular complexity index is 3210. The van der Waals surface area contributed by atoms with Crippen molar-refractivity contribution in [1.82, 2.24) is 0 Å². The second kappa shape index (κ2) is 12.2. The normalized spacial score (nSPS) is 11.7. The first-order valence-corrected chi connectivity index (χ1v) is 18.5. The van der Waals surface area contributed by atoms with Gasteiger partial charge in [0.05, 0.1) is 5.69 Å². The summed E-state index contributed by atoms with van der Waals surface area (Å²) >= 11 is 0. The molecule has 2 nitrogen and oxygen atoms in total. The number of benzene rings is 10. The van der Waals surface area contributed by atoms with Gasteiger partial charge in [-0.25, -0.2) is 0 Å². The molecule has 0 saturated carbocycles. The Morgan fingerprint density at radius 1 is 0.315 bits per heavy atom. The van der Waals surface area contributed by atoms with Crippen LogP contribution in [0.5, 0.6) is 0 Å². The first-order valence-electron chi connectivity index (χ1n) is 18.5. The van der Waals surface area contributed by atoms with Crippen LogP contribution in [0.1, 0.15) is 0 Å². The highest BCUT2D eigenvalue weighted by Gasteiger charge is 2.19. The summed E-state index contributed by atoms with van der Waals surface area (Å²) in [6, 6.07) is 72.3. The second-order valence-corrected chi connectivity index (χ2v) is 14.1. The van der Waals surface area contributed by atoms with Gasteiger partial charge in [0.1, 0.15) is 11.2 Å². The first-order chi connectivity index (χ1) is 26.8. The summed E-state index contributed by atoms with van der Waals surface area (Å²) in [7, 11) is 0. The average Bonchev–Trinajstić information content (AvgIpc) is 3.63. The largest absolute Gasteiger partial charge is 0.455 e. The predicted octanol–water partition coefficient (Wildman–Crippen LogP) is 15.0. The topological polar surface area (TPSA) is 16.4 Å². The van der Waals surface area contributed by atoms with Crippen LogP contribution >= 0.6 is 0 Å². The number of furan rings is 1. The van der Waals surface area contributed by atoms with E-state index < -0.39 is 0 Å². The lowest BCUT2D eigenvalue weighted by molar-refractivity contribution is 0.672. The van der Waals surface area contributed by atoms with E-state index in [-0.39, 0.29) is 0 Å². The van der Waals surface area contributed by atoms with Crippen molar-refractivity contribution in [3.63, 3.8) is 0 Å². The van der Waals surface area contributed by atoms with Gasteiger partial charge in [-0.2, -0.15) is 0 Å². The van der Waals surface area contributed by atoms with Crippen molar-refractivity contribution in [2.45, 2.75) is 0 Å². The van der Waals surface area contributed by atoms with Crippen LogP contribution < -0.4 is 4.90 Å². The Kier molecular flexibility index (Phi) is 6.90. The zero-order valence-corrected chi connectivity index (χ0v) is 29.4. The van der Waals surface area contributed by atoms with E-state index in [1.165, 1.54) is 54.6 Å². The van der Waals surface area contributed by atoms with Crippen LogP contribution in [0.15, 0.2) is 205 Å². The molecule has 0 N–H and O–H groups in total. The zero-order chi connectivity index (χ0) is 35.6. The Balaban J connectivity index is 1.08. The molecule has 0 saturated heterocycles. The molecule has 0 aliphatic carbocycles. The fraction of sp³-hybridized carbons (Fsp3) is 0. The molecule has 0 bridgehead atoms. The molecular weight excluding hydrogens is 655 g/mol. The molecule has 1 aromatic heterocycles. The fourth-order valence-corrected chi connectivity index (χ4v) is 8.41. The number of rotatable bonds is 5. The number of fused-ring (bicyclic) bond motifs is 9. The van der Waals surface area contributed by atoms with Crippen molar-refractivity contribution >= 4 is 82.1 Å². The molecule has 0 fully saturated rings. The maximum atomic E-state index is 6.51. The van der Waals surface area contributed by atoms with Gasteiger partial charge in [0.25, 0.3) is 0 Å². The molecule has 0 aliphatic heterocycles. The van der Waals surface area contributed by atoms with Gasteiger partial charge in [-0.3, -0.25) is 0 Å². The molecule has 0 unspecified atom stereocenters. The quantitative estimate of drug-likeness (QED) is 0.168. The summed E-state index contributed by atoms with van der Waals surface area (Å²) in [5.41, 5.74) is 9.97. The van der Waals surface area contributed by atoms with E-state index in [4.69, 9.17) is 4.42 Å². The summed E-state index contributed by atoms with van der Waals surface area (Å²) in [5, 5.41) is 12.0. The number of hydrogen-bond donors (Lipinski definition) is 0. The van der Waals surface area contributed by atoms with Crippen molar-refractivity contribution in [2.24, 2.45) is 0 Å². The lowest BCUT2D eigenvalue weighted by Gasteiger charge is -2.27. The number of hydrogen-bond acceptors (Lipinski definition) is 2. The third-order valence-electron chi connectivity index (χ3n) is 11.0. The SMILES string of the molecule is c1ccc(-c2ccc(N(c3ccc4cc(-c5cc6ccccc6c6ccccc56)ccc4c3)c3cccc4c3ccc3c5ccccc5oc43)cc2)cc1. The molecule has 0 radical (unpaired) electrons. The Hall–Kier alpha value is -7.16. The molecule has 11 aromatic rings. The Labute approximate surface area is 312 Å². The molecule has 252 valence electrons. The molecular formula is C52H33NO. The molecule has 0 spiro atoms. The zero-order valence-electron chi connectivity index (χ0n) is 29.4. The van der Waals surface area contributed by atoms with Crippen LogP contribution in [-0.2, 0) is 0 Å². The highest BCUT2D eigenvalue weighted by atomic mass is 16.3. The fourth-order valence-electron chi connectivity index (χ4n) is 8.41. The van der Waals surface area contributed by atoms with Crippen LogP contribution in [0.25, 0.3) is 87.3 Å². The summed E-state index contributed by atoms with van der Waals surface area (Å²) < 4.78 is 6.51. The molecule has 2 heteroatoms. The minimum absolute atomic E-state index is 0.907. The van der Waals surface area contributed by atoms with Gasteiger partial charge >= 0.3 is 0 Å². The molecule has 10 aromatic carbocycles. The van der Waals surface area contributed by atoms with Gasteiger partial charge in [0, 0.05) is 32.9 Å².